The lowest BCUT2D eigenvalue weighted by Crippen LogP contribution is -2.16. The first kappa shape index (κ1) is 20.8. The van der Waals surface area contributed by atoms with E-state index >= 15 is 0 Å². The van der Waals surface area contributed by atoms with E-state index in [2.05, 4.69) is 10.5 Å². The van der Waals surface area contributed by atoms with Crippen LogP contribution in [0, 0.1) is 0 Å². The first-order valence-corrected chi connectivity index (χ1v) is 9.58. The molecule has 0 bridgehead atoms. The molecule has 0 radical (unpaired) electrons. The summed E-state index contributed by atoms with van der Waals surface area (Å²) in [5.74, 6) is -1.20. The quantitative estimate of drug-likeness (QED) is 0.470. The number of amides is 1. The number of carbonyl (C=O) groups excluding carboxylic acids is 3. The van der Waals surface area contributed by atoms with E-state index in [9.17, 15) is 14.4 Å². The summed E-state index contributed by atoms with van der Waals surface area (Å²) in [5.41, 5.74) is 2.14. The van der Waals surface area contributed by atoms with Gasteiger partial charge in [0.05, 0.1) is 36.4 Å². The zero-order chi connectivity index (χ0) is 22.7. The van der Waals surface area contributed by atoms with Crippen LogP contribution >= 0.6 is 0 Å². The van der Waals surface area contributed by atoms with E-state index in [0.717, 1.165) is 5.56 Å². The van der Waals surface area contributed by atoms with E-state index in [0.29, 0.717) is 22.2 Å². The molecule has 1 amide bonds. The molecule has 0 atom stereocenters. The Bertz CT molecular complexity index is 1330. The van der Waals surface area contributed by atoms with Crippen molar-refractivity contribution in [3.05, 3.63) is 83.4 Å². The number of carbonyl (C=O) groups is 3. The number of ether oxygens (including phenoxy) is 2. The molecule has 0 aliphatic rings. The van der Waals surface area contributed by atoms with Gasteiger partial charge in [-0.25, -0.2) is 9.59 Å². The van der Waals surface area contributed by atoms with Gasteiger partial charge in [-0.15, -0.1) is 0 Å². The Balaban J connectivity index is 1.71. The predicted molar refractivity (Wildman–Crippen MR) is 117 cm³/mol. The van der Waals surface area contributed by atoms with Crippen LogP contribution in [0.25, 0.3) is 22.2 Å². The lowest BCUT2D eigenvalue weighted by atomic mass is 10.1. The number of hydrogen-bond donors (Lipinski definition) is 1. The molecule has 0 saturated heterocycles. The van der Waals surface area contributed by atoms with Gasteiger partial charge < -0.3 is 19.3 Å². The highest BCUT2D eigenvalue weighted by Gasteiger charge is 2.19. The molecule has 160 valence electrons. The van der Waals surface area contributed by atoms with Crippen LogP contribution in [-0.2, 0) is 9.47 Å². The molecule has 4 rings (SSSR count). The van der Waals surface area contributed by atoms with E-state index in [4.69, 9.17) is 14.0 Å². The molecule has 4 aromatic rings. The number of benzene rings is 3. The second-order valence-electron chi connectivity index (χ2n) is 6.81. The Hall–Kier alpha value is -4.46. The van der Waals surface area contributed by atoms with Gasteiger partial charge >= 0.3 is 11.9 Å². The van der Waals surface area contributed by atoms with Crippen LogP contribution in [0.5, 0.6) is 0 Å². The lowest BCUT2D eigenvalue weighted by Gasteiger charge is -2.11. The summed E-state index contributed by atoms with van der Waals surface area (Å²) >= 11 is 0. The number of esters is 2. The Morgan fingerprint density at radius 2 is 1.56 bits per heavy atom. The summed E-state index contributed by atoms with van der Waals surface area (Å²) in [6.45, 7) is 0. The van der Waals surface area contributed by atoms with Crippen molar-refractivity contribution in [2.24, 2.45) is 0 Å². The molecular formula is C24H18N2O6. The molecule has 3 aromatic carbocycles. The van der Waals surface area contributed by atoms with Crippen molar-refractivity contribution in [3.63, 3.8) is 0 Å². The highest BCUT2D eigenvalue weighted by atomic mass is 16.5. The molecule has 0 spiro atoms. The topological polar surface area (TPSA) is 108 Å². The Kier molecular flexibility index (Phi) is 5.67. The molecule has 0 fully saturated rings. The minimum atomic E-state index is -0.655. The number of hydrogen-bond acceptors (Lipinski definition) is 7. The summed E-state index contributed by atoms with van der Waals surface area (Å²) in [7, 11) is 2.47. The first-order valence-electron chi connectivity index (χ1n) is 9.58. The minimum absolute atomic E-state index is 0.101. The maximum atomic E-state index is 13.0. The van der Waals surface area contributed by atoms with Crippen molar-refractivity contribution in [1.82, 2.24) is 5.16 Å². The van der Waals surface area contributed by atoms with Gasteiger partial charge in [-0.3, -0.25) is 4.79 Å². The van der Waals surface area contributed by atoms with Gasteiger partial charge in [0.1, 0.15) is 5.52 Å². The zero-order valence-electron chi connectivity index (χ0n) is 17.2. The summed E-state index contributed by atoms with van der Waals surface area (Å²) in [5, 5.41) is 7.39. The third-order valence-electron chi connectivity index (χ3n) is 4.87. The van der Waals surface area contributed by atoms with Crippen LogP contribution in [0.3, 0.4) is 0 Å². The largest absolute Gasteiger partial charge is 0.465 e. The standard InChI is InChI=1S/C24H18N2O6/c1-30-23(28)16-8-10-17(24(29)31-2)20(13-16)25-22(27)15-9-11-19-18(12-15)21(32-26-19)14-6-4-3-5-7-14/h3-13H,1-2H3,(H,25,27). The third kappa shape index (κ3) is 3.93. The molecule has 0 aliphatic heterocycles. The molecule has 0 aliphatic carbocycles. The Morgan fingerprint density at radius 3 is 2.28 bits per heavy atom. The van der Waals surface area contributed by atoms with Crippen molar-refractivity contribution < 1.29 is 28.4 Å². The van der Waals surface area contributed by atoms with Gasteiger partial charge in [0, 0.05) is 11.1 Å². The Labute approximate surface area is 182 Å². The van der Waals surface area contributed by atoms with Gasteiger partial charge in [-0.05, 0) is 36.4 Å². The first-order chi connectivity index (χ1) is 15.5. The van der Waals surface area contributed by atoms with Crippen LogP contribution in [0.15, 0.2) is 71.3 Å². The molecule has 8 nitrogen and oxygen atoms in total. The fraction of sp³-hybridized carbons (Fsp3) is 0.0833. The van der Waals surface area contributed by atoms with Crippen molar-refractivity contribution in [1.29, 1.82) is 0 Å². The second-order valence-corrected chi connectivity index (χ2v) is 6.81. The smallest absolute Gasteiger partial charge is 0.339 e. The van der Waals surface area contributed by atoms with E-state index in [1.165, 1.54) is 32.4 Å². The van der Waals surface area contributed by atoms with Crippen LogP contribution < -0.4 is 5.32 Å². The highest BCUT2D eigenvalue weighted by molar-refractivity contribution is 6.10. The fourth-order valence-electron chi connectivity index (χ4n) is 3.26. The molecule has 1 N–H and O–H groups in total. The van der Waals surface area contributed by atoms with Crippen LogP contribution in [0.1, 0.15) is 31.1 Å². The lowest BCUT2D eigenvalue weighted by molar-refractivity contribution is 0.0587. The minimum Gasteiger partial charge on any atom is -0.465 e. The monoisotopic (exact) mass is 430 g/mol. The van der Waals surface area contributed by atoms with Crippen molar-refractivity contribution >= 4 is 34.4 Å². The number of rotatable bonds is 5. The SMILES string of the molecule is COC(=O)c1ccc(C(=O)OC)c(NC(=O)c2ccc3noc(-c4ccccc4)c3c2)c1. The highest BCUT2D eigenvalue weighted by Crippen LogP contribution is 2.29. The Morgan fingerprint density at radius 1 is 0.844 bits per heavy atom. The predicted octanol–water partition coefficient (Wildman–Crippen LogP) is 4.32. The van der Waals surface area contributed by atoms with Gasteiger partial charge in [-0.2, -0.15) is 0 Å². The number of nitrogens with zero attached hydrogens (tertiary/aromatic N) is 1. The van der Waals surface area contributed by atoms with Crippen LogP contribution in [0.2, 0.25) is 0 Å². The van der Waals surface area contributed by atoms with Crippen molar-refractivity contribution in [2.45, 2.75) is 0 Å². The molecular weight excluding hydrogens is 412 g/mol. The zero-order valence-corrected chi connectivity index (χ0v) is 17.2. The summed E-state index contributed by atoms with van der Waals surface area (Å²) < 4.78 is 15.0. The van der Waals surface area contributed by atoms with Gasteiger partial charge in [0.25, 0.3) is 5.91 Å². The molecule has 1 heterocycles. The van der Waals surface area contributed by atoms with Crippen LogP contribution in [-0.4, -0.2) is 37.2 Å². The number of fused-ring (bicyclic) bond motifs is 1. The summed E-state index contributed by atoms with van der Waals surface area (Å²) in [6, 6.07) is 18.5. The van der Waals surface area contributed by atoms with E-state index in [-0.39, 0.29) is 16.8 Å². The van der Waals surface area contributed by atoms with Crippen molar-refractivity contribution in [2.75, 3.05) is 19.5 Å². The summed E-state index contributed by atoms with van der Waals surface area (Å²) in [4.78, 5) is 37.0. The number of aromatic nitrogens is 1. The third-order valence-corrected chi connectivity index (χ3v) is 4.87. The van der Waals surface area contributed by atoms with E-state index in [1.807, 2.05) is 30.3 Å². The van der Waals surface area contributed by atoms with E-state index < -0.39 is 17.8 Å². The maximum absolute atomic E-state index is 13.0. The molecule has 1 aromatic heterocycles. The molecule has 0 unspecified atom stereocenters. The van der Waals surface area contributed by atoms with E-state index in [1.54, 1.807) is 18.2 Å². The molecule has 0 saturated carbocycles. The molecule has 8 heteroatoms. The summed E-state index contributed by atoms with van der Waals surface area (Å²) in [6.07, 6.45) is 0. The normalized spacial score (nSPS) is 10.6. The van der Waals surface area contributed by atoms with Gasteiger partial charge in [0.15, 0.2) is 5.76 Å². The fourth-order valence-corrected chi connectivity index (χ4v) is 3.26. The second kappa shape index (κ2) is 8.73. The number of methoxy groups -OCH3 is 2. The maximum Gasteiger partial charge on any atom is 0.339 e. The molecule has 32 heavy (non-hydrogen) atoms. The van der Waals surface area contributed by atoms with Gasteiger partial charge in [0.2, 0.25) is 0 Å². The number of nitrogens with one attached hydrogen (secondary N) is 1. The van der Waals surface area contributed by atoms with Gasteiger partial charge in [-0.1, -0.05) is 35.5 Å². The van der Waals surface area contributed by atoms with Crippen LogP contribution in [0.4, 0.5) is 5.69 Å². The average molecular weight is 430 g/mol. The number of anilines is 1. The van der Waals surface area contributed by atoms with Crippen molar-refractivity contribution in [3.8, 4) is 11.3 Å². The average Bonchev–Trinajstić information content (AvgIpc) is 3.26.